The van der Waals surface area contributed by atoms with Crippen molar-refractivity contribution < 1.29 is 115 Å². The normalized spacial score (nSPS) is 11.2. The fourth-order valence-corrected chi connectivity index (χ4v) is 16.7. The number of hydrogen-bond acceptors (Lipinski definition) is 20. The van der Waals surface area contributed by atoms with Crippen LogP contribution in [-0.2, 0) is 126 Å². The first-order valence-corrected chi connectivity index (χ1v) is 43.5. The predicted octanol–water partition coefficient (Wildman–Crippen LogP) is 17.5. The van der Waals surface area contributed by atoms with Gasteiger partial charge in [-0.3, -0.25) is 57.3 Å². The Hall–Kier alpha value is -15.1. The summed E-state index contributed by atoms with van der Waals surface area (Å²) in [6.45, 7) is 3.87. The van der Waals surface area contributed by atoms with Gasteiger partial charge in [0, 0.05) is 165 Å². The lowest BCUT2D eigenvalue weighted by Gasteiger charge is -2.13. The van der Waals surface area contributed by atoms with Crippen molar-refractivity contribution in [1.82, 2.24) is 42.5 Å². The van der Waals surface area contributed by atoms with E-state index in [1.165, 1.54) is 43.3 Å². The summed E-state index contributed by atoms with van der Waals surface area (Å²) in [4.78, 5) is 117. The number of nitrogens with zero attached hydrogens (tertiary/aromatic N) is 9. The fourth-order valence-electron chi connectivity index (χ4n) is 16.4. The summed E-state index contributed by atoms with van der Waals surface area (Å²) < 4.78 is 80.5. The van der Waals surface area contributed by atoms with Gasteiger partial charge in [-0.2, -0.15) is 13.2 Å². The molecule has 0 amide bonds. The number of carbonyl (C=O) groups excluding carboxylic acids is 4. The number of carboxylic acids is 5. The van der Waals surface area contributed by atoms with Crippen molar-refractivity contribution in [3.8, 4) is 56.8 Å². The molecule has 0 spiro atoms. The van der Waals surface area contributed by atoms with Gasteiger partial charge in [-0.15, -0.1) is 0 Å². The number of alkyl halides is 3. The number of aliphatic hydroxyl groups excluding tert-OH is 1. The highest BCUT2D eigenvalue weighted by molar-refractivity contribution is 6.31. The van der Waals surface area contributed by atoms with Crippen LogP contribution < -0.4 is 28.4 Å². The first-order valence-electron chi connectivity index (χ1n) is 42.7. The van der Waals surface area contributed by atoms with E-state index in [2.05, 4.69) is 4.98 Å². The van der Waals surface area contributed by atoms with E-state index in [9.17, 15) is 87.0 Å². The van der Waals surface area contributed by atoms with Gasteiger partial charge < -0.3 is 87.5 Å². The molecule has 0 aliphatic carbocycles. The Morgan fingerprint density at radius 2 is 0.739 bits per heavy atom. The van der Waals surface area contributed by atoms with Crippen LogP contribution in [0.3, 0.4) is 0 Å². The molecule has 0 radical (unpaired) electrons. The van der Waals surface area contributed by atoms with Crippen molar-refractivity contribution in [2.75, 3.05) is 63.6 Å². The zero-order valence-electron chi connectivity index (χ0n) is 77.9. The summed E-state index contributed by atoms with van der Waals surface area (Å²) in [5.74, 6) is -4.22. The number of pyridine rings is 1. The maximum absolute atomic E-state index is 13.5. The zero-order valence-corrected chi connectivity index (χ0v) is 79.4. The van der Waals surface area contributed by atoms with Gasteiger partial charge in [-0.25, -0.2) is 0 Å². The highest BCUT2D eigenvalue weighted by atomic mass is 35.5. The molecule has 0 fully saturated rings. The molecular weight excluding hydrogens is 1830 g/mol. The summed E-state index contributed by atoms with van der Waals surface area (Å²) in [6, 6.07) is 55.4. The van der Waals surface area contributed by atoms with Crippen molar-refractivity contribution in [2.24, 2.45) is 21.1 Å². The number of methoxy groups -OCH3 is 3. The molecular formula is C103H102Cl2F3N9O21. The number of aromatic nitrogens is 6. The number of fused-ring (bicyclic) bond motifs is 5. The molecule has 30 nitrogen and oxygen atoms in total. The van der Waals surface area contributed by atoms with Crippen LogP contribution in [0.5, 0.6) is 34.5 Å². The average molecular weight is 1930 g/mol. The number of halogens is 5. The number of aryl methyl sites for hydroxylation is 3. The number of esters is 2. The van der Waals surface area contributed by atoms with E-state index >= 15 is 0 Å². The van der Waals surface area contributed by atoms with Crippen LogP contribution in [0.4, 0.5) is 13.2 Å². The molecule has 6 N–H and O–H groups in total. The molecule has 0 unspecified atom stereocenters. The van der Waals surface area contributed by atoms with Crippen LogP contribution in [-0.4, -0.2) is 190 Å². The SMILES string of the molecule is CC(=O)Oc1cc2c(CC(=O)O)c(CN(C)C)n(C)c2cc1-c1ccccc1.CC(=O)Oc1cc2c(CC(=O)O)c(CN(C)C)n(C)c2cc1-c1cccnc1.COc1cc2c(CC(=O)O)c(CN(C)C)n(C)c2cc1C(F)(F)F.COc1ccc2c(c1)c(CC(=O)O)c(CO)n2C(=O)c1ccc(Cl)cc1.COc1ccc2c(c1)c(CC(=O)O)c(COc1ccccc1)n2C(=O)c1ccc(Cl)cc1. The minimum Gasteiger partial charge on any atom is -0.497 e. The first-order chi connectivity index (χ1) is 65.5. The highest BCUT2D eigenvalue weighted by Crippen LogP contribution is 2.44. The number of para-hydroxylation sites is 1. The molecule has 138 heavy (non-hydrogen) atoms. The predicted molar refractivity (Wildman–Crippen MR) is 517 cm³/mol. The molecule has 6 aromatic heterocycles. The standard InChI is InChI=1S/C25H20ClNO5.C22H24N2O4.C21H23N3O4.C19H16ClNO5.C16H19F3N2O3/c1-31-19-11-12-22-20(13-19)21(14-24(28)29)23(15-32-18-5-3-2-4-6-18)27(22)25(30)16-7-9-17(26)10-8-16;1-14(25)28-21-11-17-18(12-22(26)27)20(13-23(2)3)24(4)19(17)10-16(21)15-8-6-5-7-9-15;1-13(25)28-20-9-16-17(10-21(26)27)19(12-23(2)3)24(4)18(16)8-15(20)14-6-5-7-22-11-14;1-26-13-6-7-16-14(8-13)15(9-18(23)24)17(10-22)21(16)19(25)11-2-4-12(20)5-3-11;1-20(2)8-13-10(6-15(22)23)9-5-14(24-4)11(16(17,18)19)7-12(9)21(13)3/h2-13H,14-15H2,1H3,(H,28,29);5-11H,12-13H2,1-4H3,(H,26,27);5-9,11H,10,12H2,1-4H3,(H,26,27);2-8,22H,9-10H2,1H3,(H,23,24);5,7H,6,8H2,1-4H3,(H,22,23). The van der Waals surface area contributed by atoms with Crippen molar-refractivity contribution in [2.45, 2.75) is 85.0 Å². The third-order valence-corrected chi connectivity index (χ3v) is 22.9. The highest BCUT2D eigenvalue weighted by Gasteiger charge is 2.37. The van der Waals surface area contributed by atoms with E-state index in [0.29, 0.717) is 130 Å². The molecule has 9 aromatic carbocycles. The maximum atomic E-state index is 13.5. The largest absolute Gasteiger partial charge is 0.497 e. The van der Waals surface area contributed by atoms with Crippen LogP contribution >= 0.6 is 23.2 Å². The Morgan fingerprint density at radius 1 is 0.391 bits per heavy atom. The molecule has 35 heteroatoms. The van der Waals surface area contributed by atoms with E-state index < -0.39 is 60.1 Å². The van der Waals surface area contributed by atoms with Crippen LogP contribution in [0.2, 0.25) is 10.0 Å². The summed E-state index contributed by atoms with van der Waals surface area (Å²) in [6.07, 6.45) is -2.23. The van der Waals surface area contributed by atoms with Crippen LogP contribution in [0.15, 0.2) is 207 Å². The number of carbonyl (C=O) groups is 9. The number of rotatable bonds is 29. The van der Waals surface area contributed by atoms with Gasteiger partial charge in [-0.05, 0) is 215 Å². The Morgan fingerprint density at radius 3 is 1.09 bits per heavy atom. The van der Waals surface area contributed by atoms with Crippen LogP contribution in [0, 0.1) is 0 Å². The lowest BCUT2D eigenvalue weighted by Crippen LogP contribution is -2.17. The van der Waals surface area contributed by atoms with Gasteiger partial charge in [0.05, 0.1) is 88.0 Å². The molecule has 0 aliphatic heterocycles. The van der Waals surface area contributed by atoms with E-state index in [1.807, 2.05) is 153 Å². The lowest BCUT2D eigenvalue weighted by molar-refractivity contribution is -0.139. The summed E-state index contributed by atoms with van der Waals surface area (Å²) >= 11 is 11.9. The number of hydrogen-bond donors (Lipinski definition) is 6. The number of aliphatic carboxylic acids is 5. The zero-order chi connectivity index (χ0) is 101. The third-order valence-electron chi connectivity index (χ3n) is 22.4. The smallest absolute Gasteiger partial charge is 0.420 e. The number of aliphatic hydroxyl groups is 1. The van der Waals surface area contributed by atoms with E-state index in [4.69, 9.17) is 51.6 Å². The fraction of sp³-hybridized carbons (Fsp3) is 0.243. The van der Waals surface area contributed by atoms with E-state index in [1.54, 1.807) is 133 Å². The second-order valence-electron chi connectivity index (χ2n) is 32.8. The van der Waals surface area contributed by atoms with Crippen molar-refractivity contribution in [3.63, 3.8) is 0 Å². The average Bonchev–Trinajstić information content (AvgIpc) is 1.61. The number of benzene rings is 9. The summed E-state index contributed by atoms with van der Waals surface area (Å²) in [5, 5.41) is 60.9. The molecule has 0 aliphatic rings. The Bertz CT molecular complexity index is 6900. The quantitative estimate of drug-likeness (QED) is 0.0187. The van der Waals surface area contributed by atoms with E-state index in [-0.39, 0.29) is 62.0 Å². The van der Waals surface area contributed by atoms with Crippen molar-refractivity contribution in [3.05, 3.63) is 290 Å². The van der Waals surface area contributed by atoms with E-state index in [0.717, 1.165) is 79.8 Å². The van der Waals surface area contributed by atoms with Gasteiger partial charge in [0.1, 0.15) is 41.1 Å². The Kier molecular flexibility index (Phi) is 34.1. The minimum absolute atomic E-state index is 0.0168. The number of ether oxygens (including phenoxy) is 6. The van der Waals surface area contributed by atoms with Crippen LogP contribution in [0.25, 0.3) is 76.8 Å². The van der Waals surface area contributed by atoms with Gasteiger partial charge in [-0.1, -0.05) is 77.8 Å². The van der Waals surface area contributed by atoms with Crippen LogP contribution in [0.1, 0.15) is 96.4 Å². The summed E-state index contributed by atoms with van der Waals surface area (Å²) in [7, 11) is 21.1. The van der Waals surface area contributed by atoms with Crippen molar-refractivity contribution >= 4 is 131 Å². The van der Waals surface area contributed by atoms with Gasteiger partial charge >= 0.3 is 48.0 Å². The van der Waals surface area contributed by atoms with Crippen molar-refractivity contribution in [1.29, 1.82) is 0 Å². The second kappa shape index (κ2) is 45.5. The second-order valence-corrected chi connectivity index (χ2v) is 33.7. The number of carboxylic acid groups (broad SMARTS) is 5. The first kappa shape index (κ1) is 103. The van der Waals surface area contributed by atoms with Gasteiger partial charge in [0.15, 0.2) is 0 Å². The molecule has 0 saturated heterocycles. The molecule has 15 aromatic rings. The molecule has 0 atom stereocenters. The monoisotopic (exact) mass is 1930 g/mol. The lowest BCUT2D eigenvalue weighted by atomic mass is 10.0. The Labute approximate surface area is 800 Å². The molecule has 6 heterocycles. The molecule has 720 valence electrons. The Balaban J connectivity index is 0.000000166. The maximum Gasteiger partial charge on any atom is 0.420 e. The van der Waals surface area contributed by atoms with Gasteiger partial charge in [0.25, 0.3) is 11.8 Å². The molecule has 15 rings (SSSR count). The molecule has 0 saturated carbocycles. The minimum atomic E-state index is -4.56. The molecule has 0 bridgehead atoms. The summed E-state index contributed by atoms with van der Waals surface area (Å²) in [5.41, 5.74) is 12.5. The topological polar surface area (TPSA) is 378 Å². The van der Waals surface area contributed by atoms with Gasteiger partial charge in [0.2, 0.25) is 0 Å². The third kappa shape index (κ3) is 24.6.